The largest absolute Gasteiger partial charge is 0.491 e. The van der Waals surface area contributed by atoms with Crippen molar-refractivity contribution >= 4 is 17.8 Å². The minimum absolute atomic E-state index is 0.0872. The molecule has 2 aromatic carbocycles. The first-order valence-corrected chi connectivity index (χ1v) is 9.22. The van der Waals surface area contributed by atoms with Crippen LogP contribution in [0, 0.1) is 11.3 Å². The normalized spacial score (nSPS) is 18.7. The van der Waals surface area contributed by atoms with Crippen LogP contribution in [0.25, 0.3) is 0 Å². The summed E-state index contributed by atoms with van der Waals surface area (Å²) in [4.78, 5) is 17.7. The van der Waals surface area contributed by atoms with Crippen molar-refractivity contribution in [3.63, 3.8) is 0 Å². The predicted octanol–water partition coefficient (Wildman–Crippen LogP) is 4.47. The maximum Gasteiger partial charge on any atom is 0.234 e. The number of benzene rings is 2. The smallest absolute Gasteiger partial charge is 0.234 e. The number of amides is 1. The van der Waals surface area contributed by atoms with Crippen molar-refractivity contribution < 1.29 is 9.53 Å². The highest BCUT2D eigenvalue weighted by Gasteiger charge is 2.39. The summed E-state index contributed by atoms with van der Waals surface area (Å²) in [7, 11) is 0. The van der Waals surface area contributed by atoms with Crippen LogP contribution in [0.15, 0.2) is 65.7 Å². The second kappa shape index (κ2) is 8.10. The summed E-state index contributed by atoms with van der Waals surface area (Å²) in [5.41, 5.74) is 1.23. The van der Waals surface area contributed by atoms with Gasteiger partial charge < -0.3 is 10.1 Å². The van der Waals surface area contributed by atoms with Gasteiger partial charge in [-0.15, -0.1) is 0 Å². The molecular formula is C23H23N3O2. The van der Waals surface area contributed by atoms with Crippen LogP contribution in [-0.2, 0) is 4.79 Å². The Hall–Kier alpha value is -3.39. The van der Waals surface area contributed by atoms with Crippen molar-refractivity contribution in [2.45, 2.75) is 38.3 Å². The third kappa shape index (κ3) is 4.29. The van der Waals surface area contributed by atoms with Crippen LogP contribution < -0.4 is 10.1 Å². The molecule has 0 radical (unpaired) electrons. The second-order valence-electron chi connectivity index (χ2n) is 7.21. The summed E-state index contributed by atoms with van der Waals surface area (Å²) in [5.74, 6) is 0.00256. The fourth-order valence-electron chi connectivity index (χ4n) is 3.30. The van der Waals surface area contributed by atoms with E-state index in [4.69, 9.17) is 4.74 Å². The number of hydrogen-bond acceptors (Lipinski definition) is 4. The molecule has 28 heavy (non-hydrogen) atoms. The van der Waals surface area contributed by atoms with E-state index in [0.29, 0.717) is 11.3 Å². The number of ether oxygens (including phenoxy) is 1. The first-order valence-electron chi connectivity index (χ1n) is 9.22. The molecule has 0 fully saturated rings. The van der Waals surface area contributed by atoms with Gasteiger partial charge in [0.05, 0.1) is 29.2 Å². The molecule has 1 aliphatic heterocycles. The van der Waals surface area contributed by atoms with E-state index in [2.05, 4.69) is 16.4 Å². The lowest BCUT2D eigenvalue weighted by Gasteiger charge is -2.29. The number of nitriles is 1. The minimum atomic E-state index is -0.709. The predicted molar refractivity (Wildman–Crippen MR) is 111 cm³/mol. The van der Waals surface area contributed by atoms with Gasteiger partial charge in [0.15, 0.2) is 0 Å². The van der Waals surface area contributed by atoms with Gasteiger partial charge in [-0.3, -0.25) is 9.79 Å². The van der Waals surface area contributed by atoms with E-state index in [1.807, 2.05) is 63.3 Å². The van der Waals surface area contributed by atoms with Crippen LogP contribution >= 0.6 is 0 Å². The highest BCUT2D eigenvalue weighted by Crippen LogP contribution is 2.36. The Kier molecular flexibility index (Phi) is 5.60. The van der Waals surface area contributed by atoms with Crippen molar-refractivity contribution in [1.82, 2.24) is 0 Å². The zero-order valence-corrected chi connectivity index (χ0v) is 16.2. The summed E-state index contributed by atoms with van der Waals surface area (Å²) in [5, 5.41) is 12.2. The molecule has 1 amide bonds. The number of carbonyl (C=O) groups is 1. The number of anilines is 1. The lowest BCUT2D eigenvalue weighted by Crippen LogP contribution is -2.37. The van der Waals surface area contributed by atoms with Gasteiger partial charge >= 0.3 is 0 Å². The maximum absolute atomic E-state index is 13.2. The van der Waals surface area contributed by atoms with Crippen molar-refractivity contribution in [2.75, 3.05) is 5.32 Å². The van der Waals surface area contributed by atoms with Crippen LogP contribution in [0.4, 0.5) is 5.69 Å². The van der Waals surface area contributed by atoms with Crippen LogP contribution in [0.3, 0.4) is 0 Å². The summed E-state index contributed by atoms with van der Waals surface area (Å²) < 4.78 is 5.64. The Morgan fingerprint density at radius 2 is 1.96 bits per heavy atom. The number of hydrogen-bond donors (Lipinski definition) is 1. The molecule has 142 valence electrons. The molecule has 5 nitrogen and oxygen atoms in total. The van der Waals surface area contributed by atoms with Gasteiger partial charge in [-0.2, -0.15) is 5.26 Å². The molecule has 5 heteroatoms. The lowest BCUT2D eigenvalue weighted by molar-refractivity contribution is -0.118. The molecule has 1 aliphatic rings. The monoisotopic (exact) mass is 373 g/mol. The lowest BCUT2D eigenvalue weighted by atomic mass is 9.80. The number of rotatable bonds is 6. The van der Waals surface area contributed by atoms with Gasteiger partial charge in [0.2, 0.25) is 5.91 Å². The second-order valence-corrected chi connectivity index (χ2v) is 7.21. The third-order valence-electron chi connectivity index (χ3n) is 4.56. The summed E-state index contributed by atoms with van der Waals surface area (Å²) in [6.45, 7) is 5.84. The zero-order valence-electron chi connectivity index (χ0n) is 16.2. The van der Waals surface area contributed by atoms with Gasteiger partial charge in [-0.05, 0) is 68.8 Å². The summed E-state index contributed by atoms with van der Waals surface area (Å²) in [6, 6.07) is 16.5. The molecule has 2 unspecified atom stereocenters. The number of carbonyl (C=O) groups excluding carboxylic acids is 1. The van der Waals surface area contributed by atoms with Gasteiger partial charge in [0.25, 0.3) is 0 Å². The van der Waals surface area contributed by atoms with E-state index >= 15 is 0 Å². The van der Waals surface area contributed by atoms with Gasteiger partial charge in [-0.25, -0.2) is 0 Å². The van der Waals surface area contributed by atoms with Crippen molar-refractivity contribution in [1.29, 1.82) is 5.26 Å². The molecule has 2 aromatic rings. The van der Waals surface area contributed by atoms with E-state index < -0.39 is 11.5 Å². The molecule has 1 heterocycles. The van der Waals surface area contributed by atoms with E-state index in [1.165, 1.54) is 0 Å². The van der Waals surface area contributed by atoms with Crippen molar-refractivity contribution in [3.8, 4) is 11.8 Å². The third-order valence-corrected chi connectivity index (χ3v) is 4.56. The average Bonchev–Trinajstić information content (AvgIpc) is 3.10. The van der Waals surface area contributed by atoms with Crippen LogP contribution in [-0.4, -0.2) is 23.8 Å². The van der Waals surface area contributed by atoms with E-state index in [0.717, 1.165) is 11.3 Å². The van der Waals surface area contributed by atoms with Crippen molar-refractivity contribution in [3.05, 3.63) is 71.8 Å². The number of nitrogens with one attached hydrogen (secondary N) is 1. The maximum atomic E-state index is 13.2. The highest BCUT2D eigenvalue weighted by atomic mass is 16.5. The number of allylic oxidation sites excluding steroid dienone is 1. The first-order chi connectivity index (χ1) is 13.4. The minimum Gasteiger partial charge on any atom is -0.491 e. The van der Waals surface area contributed by atoms with E-state index in [9.17, 15) is 10.1 Å². The molecule has 0 saturated heterocycles. The molecule has 0 spiro atoms. The standard InChI is InChI=1S/C23H23N3O2/c1-16(2)28-20-10-8-19(9-11-20)26-22(27)21(23(3)12-5-13-25-23)18-7-4-6-17(14-18)15-24/h4-14,16,21H,1-3H3,(H,26,27). The molecule has 2 atom stereocenters. The number of aliphatic imine (C=N–C) groups is 1. The molecule has 0 saturated carbocycles. The molecular weight excluding hydrogens is 350 g/mol. The van der Waals surface area contributed by atoms with Crippen LogP contribution in [0.1, 0.15) is 37.8 Å². The zero-order chi connectivity index (χ0) is 20.1. The van der Waals surface area contributed by atoms with Crippen molar-refractivity contribution in [2.24, 2.45) is 4.99 Å². The Bertz CT molecular complexity index is 941. The average molecular weight is 373 g/mol. The van der Waals surface area contributed by atoms with Gasteiger partial charge in [0, 0.05) is 11.9 Å². The van der Waals surface area contributed by atoms with E-state index in [-0.39, 0.29) is 12.0 Å². The van der Waals surface area contributed by atoms with Crippen LogP contribution in [0.2, 0.25) is 0 Å². The fourth-order valence-corrected chi connectivity index (χ4v) is 3.30. The van der Waals surface area contributed by atoms with Gasteiger partial charge in [0.1, 0.15) is 5.75 Å². The van der Waals surface area contributed by atoms with E-state index in [1.54, 1.807) is 24.4 Å². The first kappa shape index (κ1) is 19.4. The fraction of sp³-hybridized carbons (Fsp3) is 0.261. The Labute approximate surface area is 165 Å². The Balaban J connectivity index is 1.88. The molecule has 1 N–H and O–H groups in total. The highest BCUT2D eigenvalue weighted by molar-refractivity contribution is 5.98. The Morgan fingerprint density at radius 1 is 1.21 bits per heavy atom. The molecule has 0 bridgehead atoms. The van der Waals surface area contributed by atoms with Gasteiger partial charge in [-0.1, -0.05) is 18.2 Å². The Morgan fingerprint density at radius 3 is 2.57 bits per heavy atom. The number of nitrogens with zero attached hydrogens (tertiary/aromatic N) is 2. The van der Waals surface area contributed by atoms with Crippen LogP contribution in [0.5, 0.6) is 5.75 Å². The summed E-state index contributed by atoms with van der Waals surface area (Å²) >= 11 is 0. The molecule has 0 aromatic heterocycles. The molecule has 0 aliphatic carbocycles. The SMILES string of the molecule is CC(C)Oc1ccc(NC(=O)C(c2cccc(C#N)c2)C2(C)C=CC=N2)cc1. The summed E-state index contributed by atoms with van der Waals surface area (Å²) in [6.07, 6.45) is 5.54. The topological polar surface area (TPSA) is 74.5 Å². The molecule has 3 rings (SSSR count). The quantitative estimate of drug-likeness (QED) is 0.812.